The summed E-state index contributed by atoms with van der Waals surface area (Å²) in [5, 5.41) is 0. The summed E-state index contributed by atoms with van der Waals surface area (Å²) < 4.78 is 5.88. The molecule has 0 unspecified atom stereocenters. The van der Waals surface area contributed by atoms with Crippen LogP contribution >= 0.6 is 0 Å². The minimum atomic E-state index is 0.289. The van der Waals surface area contributed by atoms with Crippen molar-refractivity contribution in [1.29, 1.82) is 0 Å². The van der Waals surface area contributed by atoms with Gasteiger partial charge in [-0.3, -0.25) is 4.79 Å². The van der Waals surface area contributed by atoms with Gasteiger partial charge in [0.25, 0.3) is 0 Å². The largest absolute Gasteiger partial charge is 0.465 e. The van der Waals surface area contributed by atoms with Crippen molar-refractivity contribution in [3.63, 3.8) is 0 Å². The van der Waals surface area contributed by atoms with Crippen molar-refractivity contribution in [3.05, 3.63) is 23.2 Å². The molecule has 0 aliphatic heterocycles. The van der Waals surface area contributed by atoms with Crippen molar-refractivity contribution in [2.75, 3.05) is 0 Å². The van der Waals surface area contributed by atoms with E-state index in [0.29, 0.717) is 5.92 Å². The molecule has 0 aromatic carbocycles. The summed E-state index contributed by atoms with van der Waals surface area (Å²) in [6.45, 7) is 4.13. The second kappa shape index (κ2) is 4.86. The first kappa shape index (κ1) is 11.4. The zero-order chi connectivity index (χ0) is 11.5. The summed E-state index contributed by atoms with van der Waals surface area (Å²) >= 11 is 0. The Balaban J connectivity index is 2.24. The van der Waals surface area contributed by atoms with Crippen molar-refractivity contribution >= 4 is 6.29 Å². The van der Waals surface area contributed by atoms with Crippen LogP contribution in [0.25, 0.3) is 0 Å². The molecule has 88 valence electrons. The number of hydrogen-bond acceptors (Lipinski definition) is 2. The molecule has 1 aromatic rings. The first-order valence-electron chi connectivity index (χ1n) is 6.31. The van der Waals surface area contributed by atoms with Crippen molar-refractivity contribution in [2.45, 2.75) is 57.8 Å². The van der Waals surface area contributed by atoms with Crippen molar-refractivity contribution < 1.29 is 9.21 Å². The van der Waals surface area contributed by atoms with Gasteiger partial charge in [0, 0.05) is 11.8 Å². The first-order valence-corrected chi connectivity index (χ1v) is 6.31. The molecule has 0 radical (unpaired) electrons. The maximum Gasteiger partial charge on any atom is 0.153 e. The van der Waals surface area contributed by atoms with Crippen molar-refractivity contribution in [3.8, 4) is 0 Å². The lowest BCUT2D eigenvalue weighted by molar-refractivity contribution is 0.112. The summed E-state index contributed by atoms with van der Waals surface area (Å²) in [6, 6.07) is 1.96. The maximum absolute atomic E-state index is 11.0. The van der Waals surface area contributed by atoms with Gasteiger partial charge in [0.15, 0.2) is 6.29 Å². The fourth-order valence-electron chi connectivity index (χ4n) is 2.57. The van der Waals surface area contributed by atoms with Crippen molar-refractivity contribution in [1.82, 2.24) is 0 Å². The van der Waals surface area contributed by atoms with Gasteiger partial charge >= 0.3 is 0 Å². The number of furan rings is 1. The molecule has 0 N–H and O–H groups in total. The van der Waals surface area contributed by atoms with Gasteiger partial charge in [-0.2, -0.15) is 0 Å². The van der Waals surface area contributed by atoms with Crippen LogP contribution in [0.4, 0.5) is 0 Å². The van der Waals surface area contributed by atoms with Gasteiger partial charge in [-0.05, 0) is 18.9 Å². The van der Waals surface area contributed by atoms with Gasteiger partial charge in [0.05, 0.1) is 5.56 Å². The van der Waals surface area contributed by atoms with Crippen LogP contribution in [-0.4, -0.2) is 6.29 Å². The Labute approximate surface area is 97.0 Å². The molecule has 2 heteroatoms. The lowest BCUT2D eigenvalue weighted by atomic mass is 9.87. The number of rotatable bonds is 3. The highest BCUT2D eigenvalue weighted by Gasteiger charge is 2.22. The van der Waals surface area contributed by atoms with Gasteiger partial charge in [0.1, 0.15) is 11.5 Å². The summed E-state index contributed by atoms with van der Waals surface area (Å²) in [6.07, 6.45) is 7.27. The Kier molecular flexibility index (Phi) is 3.47. The topological polar surface area (TPSA) is 30.2 Å². The molecule has 0 amide bonds. The second-order valence-electron chi connectivity index (χ2n) is 5.08. The SMILES string of the molecule is CC(C)c1oc(C2CCCCC2)cc1C=O. The lowest BCUT2D eigenvalue weighted by Crippen LogP contribution is -2.03. The van der Waals surface area contributed by atoms with Crippen LogP contribution in [0, 0.1) is 0 Å². The molecular weight excluding hydrogens is 200 g/mol. The van der Waals surface area contributed by atoms with E-state index in [0.717, 1.165) is 23.4 Å². The Morgan fingerprint density at radius 1 is 1.31 bits per heavy atom. The van der Waals surface area contributed by atoms with Gasteiger partial charge < -0.3 is 4.42 Å². The van der Waals surface area contributed by atoms with Crippen LogP contribution in [0.5, 0.6) is 0 Å². The zero-order valence-electron chi connectivity index (χ0n) is 10.2. The molecule has 1 aromatic heterocycles. The molecule has 0 spiro atoms. The van der Waals surface area contributed by atoms with E-state index in [2.05, 4.69) is 13.8 Å². The Hall–Kier alpha value is -1.05. The lowest BCUT2D eigenvalue weighted by Gasteiger charge is -2.19. The molecular formula is C14H20O2. The molecule has 2 rings (SSSR count). The van der Waals surface area contributed by atoms with Gasteiger partial charge in [-0.1, -0.05) is 33.1 Å². The molecule has 0 saturated heterocycles. The molecule has 1 saturated carbocycles. The van der Waals surface area contributed by atoms with Crippen LogP contribution in [0.15, 0.2) is 10.5 Å². The highest BCUT2D eigenvalue weighted by atomic mass is 16.3. The first-order chi connectivity index (χ1) is 7.72. The van der Waals surface area contributed by atoms with E-state index in [9.17, 15) is 4.79 Å². The molecule has 0 bridgehead atoms. The number of hydrogen-bond donors (Lipinski definition) is 0. The van der Waals surface area contributed by atoms with E-state index in [4.69, 9.17) is 4.42 Å². The van der Waals surface area contributed by atoms with Gasteiger partial charge in [-0.25, -0.2) is 0 Å². The summed E-state index contributed by atoms with van der Waals surface area (Å²) in [5.41, 5.74) is 0.746. The Bertz CT molecular complexity index is 357. The number of aldehydes is 1. The smallest absolute Gasteiger partial charge is 0.153 e. The average molecular weight is 220 g/mol. The Morgan fingerprint density at radius 2 is 2.00 bits per heavy atom. The quantitative estimate of drug-likeness (QED) is 0.712. The van der Waals surface area contributed by atoms with E-state index < -0.39 is 0 Å². The summed E-state index contributed by atoms with van der Waals surface area (Å²) in [5.74, 6) is 2.72. The van der Waals surface area contributed by atoms with Gasteiger partial charge in [0.2, 0.25) is 0 Å². The Morgan fingerprint density at radius 3 is 2.50 bits per heavy atom. The maximum atomic E-state index is 11.0. The molecule has 2 nitrogen and oxygen atoms in total. The van der Waals surface area contributed by atoms with Crippen LogP contribution in [0.2, 0.25) is 0 Å². The number of carbonyl (C=O) groups is 1. The highest BCUT2D eigenvalue weighted by molar-refractivity contribution is 5.76. The minimum Gasteiger partial charge on any atom is -0.465 e. The monoisotopic (exact) mass is 220 g/mol. The van der Waals surface area contributed by atoms with Crippen LogP contribution in [0.1, 0.15) is 79.7 Å². The molecule has 16 heavy (non-hydrogen) atoms. The average Bonchev–Trinajstić information content (AvgIpc) is 2.74. The van der Waals surface area contributed by atoms with E-state index in [1.54, 1.807) is 0 Å². The number of carbonyl (C=O) groups excluding carboxylic acids is 1. The van der Waals surface area contributed by atoms with Crippen LogP contribution in [0.3, 0.4) is 0 Å². The highest BCUT2D eigenvalue weighted by Crippen LogP contribution is 2.35. The third kappa shape index (κ3) is 2.21. The van der Waals surface area contributed by atoms with E-state index in [1.807, 2.05) is 6.07 Å². The zero-order valence-corrected chi connectivity index (χ0v) is 10.2. The fraction of sp³-hybridized carbons (Fsp3) is 0.643. The molecule has 1 fully saturated rings. The third-order valence-electron chi connectivity index (χ3n) is 3.47. The van der Waals surface area contributed by atoms with E-state index >= 15 is 0 Å². The molecule has 1 aliphatic rings. The normalized spacial score (nSPS) is 17.9. The second-order valence-corrected chi connectivity index (χ2v) is 5.08. The predicted octanol–water partition coefficient (Wildman–Crippen LogP) is 4.26. The van der Waals surface area contributed by atoms with E-state index in [1.165, 1.54) is 32.1 Å². The van der Waals surface area contributed by atoms with Crippen LogP contribution in [-0.2, 0) is 0 Å². The summed E-state index contributed by atoms with van der Waals surface area (Å²) in [7, 11) is 0. The molecule has 1 heterocycles. The van der Waals surface area contributed by atoms with E-state index in [-0.39, 0.29) is 5.92 Å². The summed E-state index contributed by atoms with van der Waals surface area (Å²) in [4.78, 5) is 11.0. The fourth-order valence-corrected chi connectivity index (χ4v) is 2.57. The minimum absolute atomic E-state index is 0.289. The third-order valence-corrected chi connectivity index (χ3v) is 3.47. The molecule has 0 atom stereocenters. The van der Waals surface area contributed by atoms with Crippen LogP contribution < -0.4 is 0 Å². The molecule has 1 aliphatic carbocycles. The predicted molar refractivity (Wildman–Crippen MR) is 64.0 cm³/mol. The standard InChI is InChI=1S/C14H20O2/c1-10(2)14-12(9-15)8-13(16-14)11-6-4-3-5-7-11/h8-11H,3-7H2,1-2H3. The van der Waals surface area contributed by atoms with Crippen molar-refractivity contribution in [2.24, 2.45) is 0 Å². The van der Waals surface area contributed by atoms with Gasteiger partial charge in [-0.15, -0.1) is 0 Å².